The van der Waals surface area contributed by atoms with Crippen LogP contribution in [0.15, 0.2) is 91.0 Å². The molecule has 13 nitrogen and oxygen atoms in total. The normalized spacial score (nSPS) is 18.2. The second-order valence-electron chi connectivity index (χ2n) is 20.2. The van der Waals surface area contributed by atoms with Gasteiger partial charge in [0, 0.05) is 51.9 Å². The minimum absolute atomic E-state index is 0.0435. The topological polar surface area (TPSA) is 167 Å². The van der Waals surface area contributed by atoms with Gasteiger partial charge in [-0.1, -0.05) is 49.2 Å². The lowest BCUT2D eigenvalue weighted by molar-refractivity contribution is -0.237. The Morgan fingerprint density at radius 2 is 0.681 bits per heavy atom. The fourth-order valence-corrected chi connectivity index (χ4v) is 9.69. The van der Waals surface area contributed by atoms with Gasteiger partial charge < -0.3 is 33.2 Å². The van der Waals surface area contributed by atoms with Crippen molar-refractivity contribution in [1.82, 2.24) is 0 Å². The van der Waals surface area contributed by atoms with Gasteiger partial charge in [0.2, 0.25) is 5.79 Å². The third-order valence-corrected chi connectivity index (χ3v) is 13.8. The summed E-state index contributed by atoms with van der Waals surface area (Å²) >= 11 is 0. The maximum absolute atomic E-state index is 12.8. The first kappa shape index (κ1) is 53.5. The maximum atomic E-state index is 12.8. The molecule has 7 rings (SSSR count). The van der Waals surface area contributed by atoms with Crippen molar-refractivity contribution < 1.29 is 61.9 Å². The highest BCUT2D eigenvalue weighted by Gasteiger charge is 2.33. The standard InChI is InChI=1S/C59H70O13/c1-57(33-6-4-7-34-57)70-54(63)18-12-15-51(60)67-48-27-21-42(22-28-48)45-39-46(43-23-29-49(30-24-43)68-52(61)16-13-19-55(64)71-58(2)35-8-5-9-36-58)41-47(40-45)44-25-31-50(32-26-44)69-53(62)17-14-20-56(65)72-59(3)37-10-11-38-66-59/h21-32,39-41H,4-20,33-38H2,1-3H3. The van der Waals surface area contributed by atoms with Crippen molar-refractivity contribution in [3.8, 4) is 50.6 Å². The number of ether oxygens (including phenoxy) is 7. The lowest BCUT2D eigenvalue weighted by Crippen LogP contribution is -2.37. The lowest BCUT2D eigenvalue weighted by Gasteiger charge is -2.33. The van der Waals surface area contributed by atoms with E-state index >= 15 is 0 Å². The summed E-state index contributed by atoms with van der Waals surface area (Å²) in [6, 6.07) is 27.7. The maximum Gasteiger partial charge on any atom is 0.311 e. The molecule has 1 aliphatic heterocycles. The van der Waals surface area contributed by atoms with Crippen molar-refractivity contribution >= 4 is 35.8 Å². The van der Waals surface area contributed by atoms with Gasteiger partial charge >= 0.3 is 35.8 Å². The molecule has 3 aliphatic rings. The zero-order valence-electron chi connectivity index (χ0n) is 42.2. The Morgan fingerprint density at radius 3 is 1.00 bits per heavy atom. The molecular weight excluding hydrogens is 917 g/mol. The minimum Gasteiger partial charge on any atom is -0.459 e. The summed E-state index contributed by atoms with van der Waals surface area (Å²) < 4.78 is 39.6. The van der Waals surface area contributed by atoms with Crippen molar-refractivity contribution in [3.05, 3.63) is 91.0 Å². The van der Waals surface area contributed by atoms with E-state index in [0.29, 0.717) is 43.1 Å². The Morgan fingerprint density at radius 1 is 0.375 bits per heavy atom. The van der Waals surface area contributed by atoms with Crippen molar-refractivity contribution in [2.45, 2.75) is 179 Å². The molecule has 4 aromatic carbocycles. The molecule has 1 atom stereocenters. The average molecular weight is 987 g/mol. The third kappa shape index (κ3) is 16.6. The van der Waals surface area contributed by atoms with E-state index in [1.165, 1.54) is 0 Å². The first-order chi connectivity index (χ1) is 34.6. The number of esters is 6. The van der Waals surface area contributed by atoms with Crippen LogP contribution in [-0.2, 0) is 47.7 Å². The van der Waals surface area contributed by atoms with E-state index in [1.807, 2.05) is 68.4 Å². The molecule has 13 heteroatoms. The monoisotopic (exact) mass is 986 g/mol. The fourth-order valence-electron chi connectivity index (χ4n) is 9.69. The van der Waals surface area contributed by atoms with Gasteiger partial charge in [0.15, 0.2) is 0 Å². The van der Waals surface area contributed by atoms with Crippen LogP contribution in [0.5, 0.6) is 17.2 Å². The molecule has 384 valence electrons. The number of hydrogen-bond acceptors (Lipinski definition) is 13. The van der Waals surface area contributed by atoms with Crippen LogP contribution in [0.4, 0.5) is 0 Å². The predicted octanol–water partition coefficient (Wildman–Crippen LogP) is 12.9. The van der Waals surface area contributed by atoms with Gasteiger partial charge in [0.05, 0.1) is 6.61 Å². The van der Waals surface area contributed by atoms with Crippen LogP contribution in [-0.4, -0.2) is 59.4 Å². The molecule has 2 aliphatic carbocycles. The average Bonchev–Trinajstić information content (AvgIpc) is 3.34. The largest absolute Gasteiger partial charge is 0.459 e. The summed E-state index contributed by atoms with van der Waals surface area (Å²) in [7, 11) is 0. The van der Waals surface area contributed by atoms with E-state index in [4.69, 9.17) is 33.2 Å². The van der Waals surface area contributed by atoms with Crippen molar-refractivity contribution in [3.63, 3.8) is 0 Å². The van der Waals surface area contributed by atoms with Gasteiger partial charge in [0.25, 0.3) is 0 Å². The number of carbonyl (C=O) groups excluding carboxylic acids is 6. The molecule has 72 heavy (non-hydrogen) atoms. The lowest BCUT2D eigenvalue weighted by atomic mass is 9.86. The Bertz CT molecular complexity index is 2190. The Kier molecular flexibility index (Phi) is 18.8. The SMILES string of the molecule is CC1(OC(=O)CCCC(=O)Oc2ccc(-c3cc(-c4ccc(OC(=O)CCCC(=O)OC5(C)CCCCC5)cc4)cc(-c4ccc(OC(=O)CCCC(=O)OC5(C)CCCCO5)cc4)c3)cc2)CCCCC1. The number of benzene rings is 4. The first-order valence-electron chi connectivity index (χ1n) is 26.0. The van der Waals surface area contributed by atoms with Gasteiger partial charge in [-0.2, -0.15) is 0 Å². The van der Waals surface area contributed by atoms with Crippen LogP contribution in [0.25, 0.3) is 33.4 Å². The minimum atomic E-state index is -0.915. The van der Waals surface area contributed by atoms with E-state index in [2.05, 4.69) is 0 Å². The van der Waals surface area contributed by atoms with Gasteiger partial charge in [-0.25, -0.2) is 0 Å². The van der Waals surface area contributed by atoms with Crippen LogP contribution < -0.4 is 14.2 Å². The summed E-state index contributed by atoms with van der Waals surface area (Å²) in [5.41, 5.74) is 4.34. The van der Waals surface area contributed by atoms with E-state index in [1.54, 1.807) is 43.3 Å². The molecular formula is C59H70O13. The molecule has 1 saturated heterocycles. The fraction of sp³-hybridized carbons (Fsp3) is 0.492. The van der Waals surface area contributed by atoms with Crippen LogP contribution >= 0.6 is 0 Å². The highest BCUT2D eigenvalue weighted by atomic mass is 16.7. The molecule has 3 fully saturated rings. The summed E-state index contributed by atoms with van der Waals surface area (Å²) in [5, 5.41) is 0. The summed E-state index contributed by atoms with van der Waals surface area (Å²) in [6.45, 7) is 6.29. The molecule has 2 saturated carbocycles. The highest BCUT2D eigenvalue weighted by Crippen LogP contribution is 2.36. The Hall–Kier alpha value is -6.34. The van der Waals surface area contributed by atoms with Gasteiger partial charge in [-0.05, 0) is 185 Å². The summed E-state index contributed by atoms with van der Waals surface area (Å²) in [5.74, 6) is -2.10. The Balaban J connectivity index is 0.979. The van der Waals surface area contributed by atoms with Gasteiger partial charge in [0.1, 0.15) is 28.5 Å². The quantitative estimate of drug-likeness (QED) is 0.0440. The van der Waals surface area contributed by atoms with E-state index in [-0.39, 0.29) is 56.9 Å². The molecule has 1 unspecified atom stereocenters. The van der Waals surface area contributed by atoms with Gasteiger partial charge in [-0.3, -0.25) is 28.8 Å². The molecule has 0 N–H and O–H groups in total. The zero-order chi connectivity index (χ0) is 51.0. The molecule has 0 amide bonds. The summed E-state index contributed by atoms with van der Waals surface area (Å²) in [4.78, 5) is 75.9. The number of hydrogen-bond donors (Lipinski definition) is 0. The van der Waals surface area contributed by atoms with Crippen molar-refractivity contribution in [2.75, 3.05) is 6.61 Å². The molecule has 0 spiro atoms. The molecule has 0 aromatic heterocycles. The Labute approximate surface area is 423 Å². The zero-order valence-corrected chi connectivity index (χ0v) is 42.2. The van der Waals surface area contributed by atoms with E-state index < -0.39 is 40.9 Å². The molecule has 0 radical (unpaired) electrons. The van der Waals surface area contributed by atoms with E-state index in [0.717, 1.165) is 110 Å². The smallest absolute Gasteiger partial charge is 0.311 e. The van der Waals surface area contributed by atoms with Crippen molar-refractivity contribution in [1.29, 1.82) is 0 Å². The first-order valence-corrected chi connectivity index (χ1v) is 26.0. The number of carbonyl (C=O) groups is 6. The van der Waals surface area contributed by atoms with Crippen molar-refractivity contribution in [2.24, 2.45) is 0 Å². The second-order valence-corrected chi connectivity index (χ2v) is 20.2. The third-order valence-electron chi connectivity index (χ3n) is 13.8. The molecule has 4 aromatic rings. The molecule has 1 heterocycles. The van der Waals surface area contributed by atoms with Gasteiger partial charge in [-0.15, -0.1) is 0 Å². The molecule has 0 bridgehead atoms. The highest BCUT2D eigenvalue weighted by molar-refractivity contribution is 5.83. The number of rotatable bonds is 21. The second kappa shape index (κ2) is 25.4. The van der Waals surface area contributed by atoms with Crippen LogP contribution in [0.3, 0.4) is 0 Å². The van der Waals surface area contributed by atoms with Crippen LogP contribution in [0.2, 0.25) is 0 Å². The predicted molar refractivity (Wildman–Crippen MR) is 271 cm³/mol. The summed E-state index contributed by atoms with van der Waals surface area (Å²) in [6.07, 6.45) is 14.0. The van der Waals surface area contributed by atoms with Crippen LogP contribution in [0.1, 0.15) is 162 Å². The van der Waals surface area contributed by atoms with E-state index in [9.17, 15) is 28.8 Å². The van der Waals surface area contributed by atoms with Crippen LogP contribution in [0, 0.1) is 0 Å².